The van der Waals surface area contributed by atoms with Crippen molar-refractivity contribution >= 4 is 29.5 Å². The average molecular weight is 504 g/mol. The molecule has 0 spiro atoms. The lowest BCUT2D eigenvalue weighted by atomic mass is 9.92. The number of hydrogen-bond donors (Lipinski definition) is 3. The minimum absolute atomic E-state index is 0. The number of carboxylic acids is 1. The molecule has 3 N–H and O–H groups in total. The van der Waals surface area contributed by atoms with E-state index in [1.807, 2.05) is 6.07 Å². The van der Waals surface area contributed by atoms with Gasteiger partial charge in [0.2, 0.25) is 5.91 Å². The summed E-state index contributed by atoms with van der Waals surface area (Å²) in [5.41, 5.74) is 1.90. The van der Waals surface area contributed by atoms with Crippen molar-refractivity contribution in [2.45, 2.75) is 57.4 Å². The summed E-state index contributed by atoms with van der Waals surface area (Å²) in [4.78, 5) is 27.6. The van der Waals surface area contributed by atoms with E-state index in [4.69, 9.17) is 4.74 Å². The van der Waals surface area contributed by atoms with E-state index in [0.717, 1.165) is 50.0 Å². The summed E-state index contributed by atoms with van der Waals surface area (Å²) in [6.45, 7) is 7.36. The van der Waals surface area contributed by atoms with Crippen LogP contribution in [-0.4, -0.2) is 54.2 Å². The highest BCUT2D eigenvalue weighted by atomic mass is 32.2. The van der Waals surface area contributed by atoms with Gasteiger partial charge < -0.3 is 24.8 Å². The first kappa shape index (κ1) is 26.8. The molecule has 7 nitrogen and oxygen atoms in total. The zero-order valence-corrected chi connectivity index (χ0v) is 20.2. The number of amides is 1. The van der Waals surface area contributed by atoms with Gasteiger partial charge in [-0.1, -0.05) is 27.3 Å². The molecule has 2 unspecified atom stereocenters. The number of fused-ring (bicyclic) bond motifs is 1. The Morgan fingerprint density at radius 1 is 1.26 bits per heavy atom. The van der Waals surface area contributed by atoms with Crippen LogP contribution in [0.25, 0.3) is 0 Å². The summed E-state index contributed by atoms with van der Waals surface area (Å²) in [7, 11) is 0. The van der Waals surface area contributed by atoms with Gasteiger partial charge in [0.25, 0.3) is 0 Å². The smallest absolute Gasteiger partial charge is 0.341 e. The molecule has 1 fully saturated rings. The van der Waals surface area contributed by atoms with Crippen molar-refractivity contribution in [1.29, 1.82) is 0 Å². The molecule has 0 radical (unpaired) electrons. The summed E-state index contributed by atoms with van der Waals surface area (Å²) < 4.78 is 22.8. The highest BCUT2D eigenvalue weighted by Gasteiger charge is 2.27. The third kappa shape index (κ3) is 6.27. The zero-order valence-electron chi connectivity index (χ0n) is 19.4. The van der Waals surface area contributed by atoms with Gasteiger partial charge in [-0.25, -0.2) is 9.18 Å². The van der Waals surface area contributed by atoms with Gasteiger partial charge in [-0.05, 0) is 72.6 Å². The number of nitrogens with one attached hydrogen (secondary N) is 2. The number of likely N-dealkylation sites (tertiary alicyclic amines) is 1. The van der Waals surface area contributed by atoms with Gasteiger partial charge >= 0.3 is 5.97 Å². The molecule has 35 heavy (non-hydrogen) atoms. The average Bonchev–Trinajstić information content (AvgIpc) is 3.25. The van der Waals surface area contributed by atoms with Crippen molar-refractivity contribution < 1.29 is 23.8 Å². The molecule has 1 amide bonds. The number of likely N-dealkylation sites (N-methyl/N-ethyl adjacent to an activating group) is 1. The molecule has 2 aromatic carbocycles. The molecular weight excluding hydrogens is 469 g/mol. The second kappa shape index (κ2) is 11.8. The van der Waals surface area contributed by atoms with Crippen LogP contribution in [0.2, 0.25) is 0 Å². The Hall–Kier alpha value is -2.78. The minimum atomic E-state index is -1.08. The van der Waals surface area contributed by atoms with Gasteiger partial charge in [0.1, 0.15) is 17.1 Å². The monoisotopic (exact) mass is 503 g/mol. The Balaban J connectivity index is 0.00000342. The lowest BCUT2D eigenvalue weighted by molar-refractivity contribution is -0.121. The largest absolute Gasteiger partial charge is 0.492 e. The van der Waals surface area contributed by atoms with E-state index in [1.54, 1.807) is 12.1 Å². The fourth-order valence-corrected chi connectivity index (χ4v) is 5.31. The summed E-state index contributed by atoms with van der Waals surface area (Å²) in [5.74, 6) is -1.04. The highest BCUT2D eigenvalue weighted by Crippen LogP contribution is 2.40. The highest BCUT2D eigenvalue weighted by molar-refractivity contribution is 8.00. The Morgan fingerprint density at radius 2 is 2.06 bits per heavy atom. The Labute approximate surface area is 210 Å². The standard InChI is InChI=1S/C25H30FN3O4S.CH4/c1-3-29-10-8-18(14-29)27-22(30)13-16-12-17(26)4-7-21(16)34-28-20-6-5-19-15(2)9-11-33-24(19)23(20)25(31)32;/h4-7,12,15,18,28H,3,8-11,13-14H2,1-2H3,(H,27,30)(H,31,32);1H4. The van der Waals surface area contributed by atoms with Crippen molar-refractivity contribution in [2.75, 3.05) is 31.0 Å². The molecule has 2 atom stereocenters. The molecule has 2 aliphatic heterocycles. The molecule has 0 saturated carbocycles. The fraction of sp³-hybridized carbons (Fsp3) is 0.462. The van der Waals surface area contributed by atoms with E-state index in [0.29, 0.717) is 28.5 Å². The van der Waals surface area contributed by atoms with Gasteiger partial charge in [-0.15, -0.1) is 0 Å². The topological polar surface area (TPSA) is 90.9 Å². The zero-order chi connectivity index (χ0) is 24.2. The number of carbonyl (C=O) groups excluding carboxylic acids is 1. The number of hydrogen-bond acceptors (Lipinski definition) is 6. The van der Waals surface area contributed by atoms with Crippen LogP contribution in [0.5, 0.6) is 5.75 Å². The van der Waals surface area contributed by atoms with Crippen LogP contribution >= 0.6 is 11.9 Å². The van der Waals surface area contributed by atoms with E-state index in [1.165, 1.54) is 12.1 Å². The number of carbonyl (C=O) groups is 2. The predicted octanol–water partition coefficient (Wildman–Crippen LogP) is 4.92. The maximum atomic E-state index is 14.0. The molecule has 2 aliphatic rings. The fourth-order valence-electron chi connectivity index (χ4n) is 4.52. The molecule has 2 aromatic rings. The number of rotatable bonds is 8. The van der Waals surface area contributed by atoms with Crippen molar-refractivity contribution in [3.63, 3.8) is 0 Å². The molecule has 9 heteroatoms. The van der Waals surface area contributed by atoms with E-state index in [9.17, 15) is 19.1 Å². The number of ether oxygens (including phenoxy) is 1. The first-order chi connectivity index (χ1) is 16.4. The summed E-state index contributed by atoms with van der Waals surface area (Å²) in [6, 6.07) is 8.00. The molecule has 0 aromatic heterocycles. The molecular formula is C26H34FN3O4S. The van der Waals surface area contributed by atoms with Crippen LogP contribution in [-0.2, 0) is 11.2 Å². The van der Waals surface area contributed by atoms with Crippen LogP contribution in [0.15, 0.2) is 35.2 Å². The molecule has 0 aliphatic carbocycles. The maximum Gasteiger partial charge on any atom is 0.341 e. The minimum Gasteiger partial charge on any atom is -0.492 e. The van der Waals surface area contributed by atoms with Gasteiger partial charge in [-0.2, -0.15) is 0 Å². The first-order valence-electron chi connectivity index (χ1n) is 11.6. The van der Waals surface area contributed by atoms with E-state index >= 15 is 0 Å². The van der Waals surface area contributed by atoms with Gasteiger partial charge in [-0.3, -0.25) is 4.79 Å². The summed E-state index contributed by atoms with van der Waals surface area (Å²) in [6.07, 6.45) is 1.79. The van der Waals surface area contributed by atoms with Crippen molar-refractivity contribution in [3.8, 4) is 5.75 Å². The van der Waals surface area contributed by atoms with Gasteiger partial charge in [0.05, 0.1) is 18.7 Å². The van der Waals surface area contributed by atoms with Crippen LogP contribution in [0, 0.1) is 5.82 Å². The van der Waals surface area contributed by atoms with Gasteiger partial charge in [0, 0.05) is 24.0 Å². The van der Waals surface area contributed by atoms with E-state index in [-0.39, 0.29) is 37.3 Å². The van der Waals surface area contributed by atoms with Crippen LogP contribution in [0.3, 0.4) is 0 Å². The van der Waals surface area contributed by atoms with Gasteiger partial charge in [0.15, 0.2) is 0 Å². The summed E-state index contributed by atoms with van der Waals surface area (Å²) in [5, 5.41) is 12.9. The number of anilines is 1. The van der Waals surface area contributed by atoms with Crippen LogP contribution in [0.1, 0.15) is 61.5 Å². The third-order valence-corrected chi connectivity index (χ3v) is 7.40. The molecule has 4 rings (SSSR count). The molecule has 190 valence electrons. The Bertz CT molecular complexity index is 1080. The van der Waals surface area contributed by atoms with Crippen LogP contribution in [0.4, 0.5) is 10.1 Å². The van der Waals surface area contributed by atoms with E-state index < -0.39 is 11.8 Å². The Morgan fingerprint density at radius 3 is 2.77 bits per heavy atom. The number of halogens is 1. The predicted molar refractivity (Wildman–Crippen MR) is 137 cm³/mol. The van der Waals surface area contributed by atoms with Crippen molar-refractivity contribution in [3.05, 3.63) is 52.8 Å². The van der Waals surface area contributed by atoms with E-state index in [2.05, 4.69) is 28.8 Å². The second-order valence-electron chi connectivity index (χ2n) is 8.83. The van der Waals surface area contributed by atoms with Crippen molar-refractivity contribution in [2.24, 2.45) is 0 Å². The molecule has 1 saturated heterocycles. The number of benzene rings is 2. The quantitative estimate of drug-likeness (QED) is 0.441. The maximum absolute atomic E-state index is 14.0. The number of aromatic carboxylic acids is 1. The first-order valence-corrected chi connectivity index (χ1v) is 12.4. The molecule has 0 bridgehead atoms. The summed E-state index contributed by atoms with van der Waals surface area (Å²) >= 11 is 1.16. The third-order valence-electron chi connectivity index (χ3n) is 6.46. The number of carboxylic acid groups (broad SMARTS) is 1. The lowest BCUT2D eigenvalue weighted by Crippen LogP contribution is -2.38. The van der Waals surface area contributed by atoms with Crippen molar-refractivity contribution in [1.82, 2.24) is 10.2 Å². The Kier molecular flexibility index (Phi) is 9.02. The number of nitrogens with zero attached hydrogens (tertiary/aromatic N) is 1. The normalized spacial score (nSPS) is 19.3. The lowest BCUT2D eigenvalue weighted by Gasteiger charge is -2.25. The van der Waals surface area contributed by atoms with Crippen LogP contribution < -0.4 is 14.8 Å². The SMILES string of the molecule is C.CCN1CCC(NC(=O)Cc2cc(F)ccc2SNc2ccc3c(c2C(=O)O)OCCC3C)C1. The second-order valence-corrected chi connectivity index (χ2v) is 9.68. The molecule has 2 heterocycles.